The van der Waals surface area contributed by atoms with Gasteiger partial charge in [0, 0.05) is 6.04 Å². The van der Waals surface area contributed by atoms with Gasteiger partial charge in [-0.05, 0) is 39.0 Å². The largest absolute Gasteiger partial charge is 0.385 e. The molecule has 0 radical (unpaired) electrons. The van der Waals surface area contributed by atoms with Crippen molar-refractivity contribution in [2.45, 2.75) is 32.9 Å². The molecule has 0 spiro atoms. The summed E-state index contributed by atoms with van der Waals surface area (Å²) in [6.45, 7) is 5.63. The fraction of sp³-hybridized carbons (Fsp3) is 0.417. The second kappa shape index (κ2) is 3.87. The number of hydrogen-bond donors (Lipinski definition) is 1. The fourth-order valence-electron chi connectivity index (χ4n) is 1.92. The van der Waals surface area contributed by atoms with Gasteiger partial charge in [0.25, 0.3) is 0 Å². The molecule has 2 aromatic rings. The number of aromatic nitrogens is 2. The van der Waals surface area contributed by atoms with E-state index in [4.69, 9.17) is 0 Å². The smallest absolute Gasteiger partial charge is 0.138 e. The molecule has 16 heavy (non-hydrogen) atoms. The Kier molecular flexibility index (Phi) is 2.68. The Morgan fingerprint density at radius 3 is 2.56 bits per heavy atom. The molecular weight excluding hydrogens is 207 g/mol. The van der Waals surface area contributed by atoms with Crippen LogP contribution in [-0.2, 0) is 0 Å². The van der Waals surface area contributed by atoms with Crippen LogP contribution in [0.3, 0.4) is 0 Å². The van der Waals surface area contributed by atoms with Crippen molar-refractivity contribution >= 4 is 11.0 Å². The number of nitrogens with zero attached hydrogens (tertiary/aromatic N) is 2. The van der Waals surface area contributed by atoms with E-state index in [1.54, 1.807) is 13.0 Å². The van der Waals surface area contributed by atoms with E-state index in [1.165, 1.54) is 12.1 Å². The molecule has 0 bridgehead atoms. The first-order valence-corrected chi connectivity index (χ1v) is 5.36. The van der Waals surface area contributed by atoms with Gasteiger partial charge in [-0.2, -0.15) is 0 Å². The van der Waals surface area contributed by atoms with Gasteiger partial charge in [-0.15, -0.1) is 0 Å². The van der Waals surface area contributed by atoms with E-state index in [9.17, 15) is 9.50 Å². The van der Waals surface area contributed by atoms with Crippen molar-refractivity contribution in [1.29, 1.82) is 0 Å². The molecule has 0 aliphatic carbocycles. The van der Waals surface area contributed by atoms with Gasteiger partial charge in [-0.3, -0.25) is 0 Å². The van der Waals surface area contributed by atoms with E-state index in [0.29, 0.717) is 11.3 Å². The molecule has 0 aliphatic rings. The minimum Gasteiger partial charge on any atom is -0.385 e. The monoisotopic (exact) mass is 222 g/mol. The highest BCUT2D eigenvalue weighted by molar-refractivity contribution is 5.76. The first-order chi connectivity index (χ1) is 7.50. The van der Waals surface area contributed by atoms with Crippen molar-refractivity contribution in [2.24, 2.45) is 0 Å². The predicted molar refractivity (Wildman–Crippen MR) is 60.7 cm³/mol. The van der Waals surface area contributed by atoms with Crippen LogP contribution in [0.1, 0.15) is 38.7 Å². The van der Waals surface area contributed by atoms with Crippen molar-refractivity contribution in [3.05, 3.63) is 29.8 Å². The van der Waals surface area contributed by atoms with Gasteiger partial charge in [0.05, 0.1) is 11.0 Å². The van der Waals surface area contributed by atoms with Crippen molar-refractivity contribution in [1.82, 2.24) is 9.55 Å². The van der Waals surface area contributed by atoms with E-state index >= 15 is 0 Å². The summed E-state index contributed by atoms with van der Waals surface area (Å²) < 4.78 is 15.1. The maximum Gasteiger partial charge on any atom is 0.138 e. The Hall–Kier alpha value is -1.42. The molecule has 0 amide bonds. The molecule has 1 aromatic carbocycles. The van der Waals surface area contributed by atoms with E-state index < -0.39 is 6.10 Å². The van der Waals surface area contributed by atoms with Crippen LogP contribution >= 0.6 is 0 Å². The number of aliphatic hydroxyl groups is 1. The van der Waals surface area contributed by atoms with Gasteiger partial charge in [0.15, 0.2) is 0 Å². The predicted octanol–water partition coefficient (Wildman–Crippen LogP) is 2.81. The average molecular weight is 222 g/mol. The Bertz CT molecular complexity index is 517. The summed E-state index contributed by atoms with van der Waals surface area (Å²) in [6, 6.07) is 4.60. The van der Waals surface area contributed by atoms with E-state index in [1.807, 2.05) is 18.4 Å². The molecule has 1 unspecified atom stereocenters. The lowest BCUT2D eigenvalue weighted by Gasteiger charge is -2.14. The van der Waals surface area contributed by atoms with Gasteiger partial charge in [0.2, 0.25) is 0 Å². The van der Waals surface area contributed by atoms with E-state index in [-0.39, 0.29) is 11.9 Å². The quantitative estimate of drug-likeness (QED) is 0.848. The molecule has 1 atom stereocenters. The van der Waals surface area contributed by atoms with Gasteiger partial charge < -0.3 is 9.67 Å². The second-order valence-electron chi connectivity index (χ2n) is 4.24. The number of halogens is 1. The van der Waals surface area contributed by atoms with Crippen LogP contribution in [0.4, 0.5) is 4.39 Å². The Morgan fingerprint density at radius 2 is 2.00 bits per heavy atom. The molecule has 0 saturated carbocycles. The zero-order chi connectivity index (χ0) is 11.9. The Labute approximate surface area is 93.5 Å². The molecule has 1 N–H and O–H groups in total. The van der Waals surface area contributed by atoms with E-state index in [2.05, 4.69) is 4.98 Å². The summed E-state index contributed by atoms with van der Waals surface area (Å²) >= 11 is 0. The van der Waals surface area contributed by atoms with Crippen LogP contribution in [0, 0.1) is 5.82 Å². The number of fused-ring (bicyclic) bond motifs is 1. The average Bonchev–Trinajstić information content (AvgIpc) is 2.55. The summed E-state index contributed by atoms with van der Waals surface area (Å²) in [5, 5.41) is 9.65. The number of aliphatic hydroxyl groups excluding tert-OH is 1. The number of benzene rings is 1. The van der Waals surface area contributed by atoms with Crippen molar-refractivity contribution in [3.8, 4) is 0 Å². The summed E-state index contributed by atoms with van der Waals surface area (Å²) in [5.74, 6) is 0.294. The number of hydrogen-bond acceptors (Lipinski definition) is 2. The van der Waals surface area contributed by atoms with Crippen molar-refractivity contribution in [2.75, 3.05) is 0 Å². The molecule has 1 heterocycles. The normalized spacial score (nSPS) is 13.6. The molecular formula is C12H15FN2O. The van der Waals surface area contributed by atoms with Gasteiger partial charge in [-0.25, -0.2) is 9.37 Å². The summed E-state index contributed by atoms with van der Waals surface area (Å²) in [7, 11) is 0. The summed E-state index contributed by atoms with van der Waals surface area (Å²) in [4.78, 5) is 4.32. The first kappa shape index (κ1) is 11.1. The minimum atomic E-state index is -0.655. The molecule has 1 aromatic heterocycles. The van der Waals surface area contributed by atoms with Crippen LogP contribution in [0.5, 0.6) is 0 Å². The topological polar surface area (TPSA) is 38.1 Å². The summed E-state index contributed by atoms with van der Waals surface area (Å²) in [6.07, 6.45) is -0.655. The maximum absolute atomic E-state index is 13.2. The molecule has 4 heteroatoms. The van der Waals surface area contributed by atoms with Gasteiger partial charge >= 0.3 is 0 Å². The van der Waals surface area contributed by atoms with Crippen LogP contribution in [0.25, 0.3) is 11.0 Å². The van der Waals surface area contributed by atoms with Crippen LogP contribution in [0.15, 0.2) is 18.2 Å². The third-order valence-corrected chi connectivity index (χ3v) is 2.57. The van der Waals surface area contributed by atoms with Crippen molar-refractivity contribution < 1.29 is 9.50 Å². The van der Waals surface area contributed by atoms with Crippen LogP contribution in [-0.4, -0.2) is 14.7 Å². The Balaban J connectivity index is 2.77. The SMILES string of the molecule is CC(O)c1nc2ccc(F)cc2n1C(C)C. The summed E-state index contributed by atoms with van der Waals surface area (Å²) in [5.41, 5.74) is 1.44. The van der Waals surface area contributed by atoms with Crippen molar-refractivity contribution in [3.63, 3.8) is 0 Å². The highest BCUT2D eigenvalue weighted by atomic mass is 19.1. The molecule has 0 saturated heterocycles. The lowest BCUT2D eigenvalue weighted by molar-refractivity contribution is 0.182. The molecule has 86 valence electrons. The Morgan fingerprint density at radius 1 is 1.31 bits per heavy atom. The number of rotatable bonds is 2. The highest BCUT2D eigenvalue weighted by Crippen LogP contribution is 2.25. The lowest BCUT2D eigenvalue weighted by Crippen LogP contribution is -2.08. The molecule has 0 fully saturated rings. The maximum atomic E-state index is 13.2. The van der Waals surface area contributed by atoms with Gasteiger partial charge in [-0.1, -0.05) is 0 Å². The third-order valence-electron chi connectivity index (χ3n) is 2.57. The van der Waals surface area contributed by atoms with E-state index in [0.717, 1.165) is 5.52 Å². The highest BCUT2D eigenvalue weighted by Gasteiger charge is 2.16. The number of imidazole rings is 1. The standard InChI is InChI=1S/C12H15FN2O/c1-7(2)15-11-6-9(13)4-5-10(11)14-12(15)8(3)16/h4-8,16H,1-3H3. The second-order valence-corrected chi connectivity index (χ2v) is 4.24. The molecule has 2 rings (SSSR count). The van der Waals surface area contributed by atoms with Crippen LogP contribution < -0.4 is 0 Å². The molecule has 3 nitrogen and oxygen atoms in total. The van der Waals surface area contributed by atoms with Gasteiger partial charge in [0.1, 0.15) is 17.7 Å². The zero-order valence-corrected chi connectivity index (χ0v) is 9.61. The first-order valence-electron chi connectivity index (χ1n) is 5.36. The molecule has 0 aliphatic heterocycles. The van der Waals surface area contributed by atoms with Crippen LogP contribution in [0.2, 0.25) is 0 Å². The fourth-order valence-corrected chi connectivity index (χ4v) is 1.92. The third kappa shape index (κ3) is 1.69. The minimum absolute atomic E-state index is 0.136. The zero-order valence-electron chi connectivity index (χ0n) is 9.61. The lowest BCUT2D eigenvalue weighted by atomic mass is 10.2.